The highest BCUT2D eigenvalue weighted by Crippen LogP contribution is 2.33. The fourth-order valence-corrected chi connectivity index (χ4v) is 2.22. The molecule has 1 fully saturated rings. The van der Waals surface area contributed by atoms with E-state index in [1.54, 1.807) is 12.1 Å². The van der Waals surface area contributed by atoms with E-state index in [0.717, 1.165) is 26.1 Å². The van der Waals surface area contributed by atoms with Crippen molar-refractivity contribution in [2.75, 3.05) is 13.2 Å². The Kier molecular flexibility index (Phi) is 5.42. The third kappa shape index (κ3) is 3.14. The number of phenols is 1. The van der Waals surface area contributed by atoms with Crippen LogP contribution in [0.15, 0.2) is 18.2 Å². The molecule has 1 saturated heterocycles. The number of halogens is 1. The molecule has 1 atom stereocenters. The third-order valence-corrected chi connectivity index (χ3v) is 3.29. The molecule has 2 rings (SSSR count). The second-order valence-electron chi connectivity index (χ2n) is 4.36. The lowest BCUT2D eigenvalue weighted by molar-refractivity contribution is 0.0581. The number of benzene rings is 1. The Morgan fingerprint density at radius 1 is 1.39 bits per heavy atom. The van der Waals surface area contributed by atoms with E-state index in [4.69, 9.17) is 15.7 Å². The van der Waals surface area contributed by atoms with Gasteiger partial charge in [0.1, 0.15) is 5.75 Å². The van der Waals surface area contributed by atoms with E-state index in [0.29, 0.717) is 17.0 Å². The van der Waals surface area contributed by atoms with Gasteiger partial charge < -0.3 is 15.6 Å². The smallest absolute Gasteiger partial charge is 0.120 e. The van der Waals surface area contributed by atoms with Gasteiger partial charge in [-0.05, 0) is 37.0 Å². The van der Waals surface area contributed by atoms with Crippen molar-refractivity contribution in [1.82, 2.24) is 0 Å². The Hall–Kier alpha value is -1.28. The van der Waals surface area contributed by atoms with Crippen molar-refractivity contribution in [3.05, 3.63) is 29.3 Å². The van der Waals surface area contributed by atoms with E-state index in [9.17, 15) is 5.11 Å². The van der Waals surface area contributed by atoms with Crippen LogP contribution in [0.1, 0.15) is 30.0 Å². The van der Waals surface area contributed by atoms with Crippen LogP contribution in [0.2, 0.25) is 0 Å². The largest absolute Gasteiger partial charge is 0.508 e. The molecule has 0 saturated carbocycles. The Morgan fingerprint density at radius 3 is 2.67 bits per heavy atom. The van der Waals surface area contributed by atoms with Gasteiger partial charge in [-0.1, -0.05) is 0 Å². The fourth-order valence-electron chi connectivity index (χ4n) is 2.22. The lowest BCUT2D eigenvalue weighted by Gasteiger charge is -2.28. The zero-order valence-electron chi connectivity index (χ0n) is 10.0. The van der Waals surface area contributed by atoms with Gasteiger partial charge in [0.2, 0.25) is 0 Å². The zero-order chi connectivity index (χ0) is 12.3. The van der Waals surface area contributed by atoms with Crippen molar-refractivity contribution < 1.29 is 9.84 Å². The Balaban J connectivity index is 0.00000162. The van der Waals surface area contributed by atoms with Gasteiger partial charge in [0.25, 0.3) is 0 Å². The molecule has 0 spiro atoms. The number of nitrogens with zero attached hydrogens (tertiary/aromatic N) is 1. The van der Waals surface area contributed by atoms with Gasteiger partial charge in [-0.25, -0.2) is 0 Å². The molecule has 0 radical (unpaired) electrons. The van der Waals surface area contributed by atoms with E-state index in [1.807, 2.05) is 0 Å². The summed E-state index contributed by atoms with van der Waals surface area (Å²) in [6.07, 6.45) is 1.80. The summed E-state index contributed by atoms with van der Waals surface area (Å²) in [6, 6.07) is 6.64. The topological polar surface area (TPSA) is 79.3 Å². The van der Waals surface area contributed by atoms with Gasteiger partial charge in [0, 0.05) is 24.8 Å². The summed E-state index contributed by atoms with van der Waals surface area (Å²) in [4.78, 5) is 0. The lowest BCUT2D eigenvalue weighted by atomic mass is 9.87. The van der Waals surface area contributed by atoms with Gasteiger partial charge >= 0.3 is 0 Å². The number of ether oxygens (including phenoxy) is 1. The number of nitriles is 1. The van der Waals surface area contributed by atoms with E-state index >= 15 is 0 Å². The molecule has 0 bridgehead atoms. The monoisotopic (exact) mass is 268 g/mol. The highest BCUT2D eigenvalue weighted by atomic mass is 35.5. The quantitative estimate of drug-likeness (QED) is 0.861. The molecular weight excluding hydrogens is 252 g/mol. The standard InChI is InChI=1S/C13H16N2O2.ClH/c14-8-9-1-2-12(16)11(7-9)13(15)10-3-5-17-6-4-10;/h1-2,7,10,13,16H,3-6,15H2;1H/t13-;/m0./s1. The van der Waals surface area contributed by atoms with E-state index in [1.165, 1.54) is 6.07 Å². The van der Waals surface area contributed by atoms with Crippen LogP contribution in [0.4, 0.5) is 0 Å². The molecule has 18 heavy (non-hydrogen) atoms. The highest BCUT2D eigenvalue weighted by molar-refractivity contribution is 5.85. The van der Waals surface area contributed by atoms with Crippen molar-refractivity contribution >= 4 is 12.4 Å². The predicted octanol–water partition coefficient (Wildman–Crippen LogP) is 2.11. The van der Waals surface area contributed by atoms with Crippen LogP contribution in [-0.2, 0) is 4.74 Å². The first-order valence-electron chi connectivity index (χ1n) is 5.78. The molecule has 5 heteroatoms. The average Bonchev–Trinajstić information content (AvgIpc) is 2.39. The van der Waals surface area contributed by atoms with Gasteiger partial charge in [0.15, 0.2) is 0 Å². The van der Waals surface area contributed by atoms with Crippen molar-refractivity contribution in [1.29, 1.82) is 5.26 Å². The summed E-state index contributed by atoms with van der Waals surface area (Å²) in [5.41, 5.74) is 7.36. The molecule has 0 aromatic heterocycles. The van der Waals surface area contributed by atoms with Gasteiger partial charge in [-0.2, -0.15) is 5.26 Å². The number of phenolic OH excluding ortho intramolecular Hbond substituents is 1. The van der Waals surface area contributed by atoms with Gasteiger partial charge in [-0.3, -0.25) is 0 Å². The molecule has 1 aliphatic rings. The highest BCUT2D eigenvalue weighted by Gasteiger charge is 2.24. The number of hydrogen-bond donors (Lipinski definition) is 2. The summed E-state index contributed by atoms with van der Waals surface area (Å²) >= 11 is 0. The molecule has 1 aliphatic heterocycles. The Labute approximate surface area is 113 Å². The number of rotatable bonds is 2. The van der Waals surface area contributed by atoms with Gasteiger partial charge in [0.05, 0.1) is 11.6 Å². The summed E-state index contributed by atoms with van der Waals surface area (Å²) < 4.78 is 5.29. The molecule has 98 valence electrons. The van der Waals surface area contributed by atoms with Crippen molar-refractivity contribution in [3.63, 3.8) is 0 Å². The lowest BCUT2D eigenvalue weighted by Crippen LogP contribution is -2.27. The minimum absolute atomic E-state index is 0. The molecule has 3 N–H and O–H groups in total. The normalized spacial score (nSPS) is 17.6. The molecule has 1 aromatic carbocycles. The third-order valence-electron chi connectivity index (χ3n) is 3.29. The van der Waals surface area contributed by atoms with E-state index < -0.39 is 0 Å². The van der Waals surface area contributed by atoms with Crippen molar-refractivity contribution in [2.24, 2.45) is 11.7 Å². The second-order valence-corrected chi connectivity index (χ2v) is 4.36. The van der Waals surface area contributed by atoms with Gasteiger partial charge in [-0.15, -0.1) is 12.4 Å². The number of hydrogen-bond acceptors (Lipinski definition) is 4. The first-order valence-corrected chi connectivity index (χ1v) is 5.78. The molecule has 4 nitrogen and oxygen atoms in total. The van der Waals surface area contributed by atoms with Crippen molar-refractivity contribution in [3.8, 4) is 11.8 Å². The van der Waals surface area contributed by atoms with Crippen LogP contribution in [-0.4, -0.2) is 18.3 Å². The number of nitrogens with two attached hydrogens (primary N) is 1. The van der Waals surface area contributed by atoms with Crippen LogP contribution in [0.3, 0.4) is 0 Å². The summed E-state index contributed by atoms with van der Waals surface area (Å²) in [7, 11) is 0. The molecule has 1 heterocycles. The second kappa shape index (κ2) is 6.60. The Bertz CT molecular complexity index is 439. The Morgan fingerprint density at radius 2 is 2.06 bits per heavy atom. The summed E-state index contributed by atoms with van der Waals surface area (Å²) in [5.74, 6) is 0.478. The molecule has 0 amide bonds. The minimum Gasteiger partial charge on any atom is -0.508 e. The molecule has 1 aromatic rings. The van der Waals surface area contributed by atoms with Crippen LogP contribution in [0.25, 0.3) is 0 Å². The predicted molar refractivity (Wildman–Crippen MR) is 70.5 cm³/mol. The van der Waals surface area contributed by atoms with Crippen molar-refractivity contribution in [2.45, 2.75) is 18.9 Å². The summed E-state index contributed by atoms with van der Waals surface area (Å²) in [6.45, 7) is 1.44. The fraction of sp³-hybridized carbons (Fsp3) is 0.462. The minimum atomic E-state index is -0.229. The SMILES string of the molecule is Cl.N#Cc1ccc(O)c([C@@H](N)C2CCOCC2)c1. The maximum absolute atomic E-state index is 9.81. The van der Waals surface area contributed by atoms with Crippen LogP contribution >= 0.6 is 12.4 Å². The van der Waals surface area contributed by atoms with E-state index in [2.05, 4.69) is 6.07 Å². The first kappa shape index (κ1) is 14.8. The zero-order valence-corrected chi connectivity index (χ0v) is 10.8. The molecular formula is C13H17ClN2O2. The van der Waals surface area contributed by atoms with E-state index in [-0.39, 0.29) is 24.2 Å². The van der Waals surface area contributed by atoms with Crippen LogP contribution in [0, 0.1) is 17.2 Å². The average molecular weight is 269 g/mol. The summed E-state index contributed by atoms with van der Waals surface area (Å²) in [5, 5.41) is 18.7. The first-order chi connectivity index (χ1) is 8.22. The number of aromatic hydroxyl groups is 1. The molecule has 0 aliphatic carbocycles. The van der Waals surface area contributed by atoms with Crippen LogP contribution in [0.5, 0.6) is 5.75 Å². The maximum atomic E-state index is 9.81. The maximum Gasteiger partial charge on any atom is 0.120 e. The van der Waals surface area contributed by atoms with Crippen LogP contribution < -0.4 is 5.73 Å². The molecule has 0 unspecified atom stereocenters.